The number of benzene rings is 4. The van der Waals surface area contributed by atoms with E-state index < -0.39 is 30.4 Å². The van der Waals surface area contributed by atoms with Gasteiger partial charge in [0.05, 0.1) is 46.2 Å². The lowest BCUT2D eigenvalue weighted by Gasteiger charge is -2.54. The second-order valence-corrected chi connectivity index (χ2v) is 12.7. The van der Waals surface area contributed by atoms with E-state index >= 15 is 0 Å². The van der Waals surface area contributed by atoms with E-state index in [-0.39, 0.29) is 12.0 Å². The van der Waals surface area contributed by atoms with Crippen molar-refractivity contribution in [2.24, 2.45) is 5.41 Å². The van der Waals surface area contributed by atoms with Crippen LogP contribution in [0.3, 0.4) is 0 Å². The molecule has 2 fully saturated rings. The van der Waals surface area contributed by atoms with Gasteiger partial charge in [-0.15, -0.1) is 0 Å². The maximum absolute atomic E-state index is 6.83. The van der Waals surface area contributed by atoms with Crippen LogP contribution in [0.1, 0.15) is 36.1 Å². The fourth-order valence-electron chi connectivity index (χ4n) is 5.71. The third kappa shape index (κ3) is 8.49. The molecule has 0 saturated carbocycles. The van der Waals surface area contributed by atoms with Crippen LogP contribution in [0, 0.1) is 5.41 Å². The zero-order valence-corrected chi connectivity index (χ0v) is 26.7. The van der Waals surface area contributed by atoms with E-state index in [1.165, 1.54) is 0 Å². The standard InChI is InChI=1S/C39H44O7/c1-38(2)28-44-39(45-29-38)37(43-26-33-21-13-6-14-22-33)36(42-25-32-19-11-5-12-20-32)35(41-24-31-17-9-4-10-18-31)34(46-39)27-40-23-30-15-7-3-8-16-30/h3-22,34-37H,23-29H2,1-2H3. The van der Waals surface area contributed by atoms with E-state index in [0.29, 0.717) is 39.6 Å². The molecule has 2 saturated heterocycles. The molecule has 0 aliphatic carbocycles. The van der Waals surface area contributed by atoms with E-state index in [1.54, 1.807) is 0 Å². The SMILES string of the molecule is CC1(C)COC2(OC1)OC(COCc1ccccc1)C(OCc1ccccc1)C(OCc1ccccc1)C2OCc1ccccc1. The van der Waals surface area contributed by atoms with Crippen LogP contribution in [-0.2, 0) is 59.6 Å². The van der Waals surface area contributed by atoms with Crippen LogP contribution >= 0.6 is 0 Å². The fourth-order valence-corrected chi connectivity index (χ4v) is 5.71. The Bertz CT molecular complexity index is 1440. The van der Waals surface area contributed by atoms with Gasteiger partial charge in [0.1, 0.15) is 18.3 Å². The van der Waals surface area contributed by atoms with Gasteiger partial charge in [-0.05, 0) is 22.3 Å². The molecule has 0 aromatic heterocycles. The van der Waals surface area contributed by atoms with Gasteiger partial charge in [-0.25, -0.2) is 0 Å². The van der Waals surface area contributed by atoms with Crippen LogP contribution in [0.25, 0.3) is 0 Å². The van der Waals surface area contributed by atoms with Crippen molar-refractivity contribution in [1.82, 2.24) is 0 Å². The van der Waals surface area contributed by atoms with Gasteiger partial charge in [-0.1, -0.05) is 135 Å². The summed E-state index contributed by atoms with van der Waals surface area (Å²) in [7, 11) is 0. The molecule has 7 nitrogen and oxygen atoms in total. The molecular formula is C39H44O7. The van der Waals surface area contributed by atoms with Crippen molar-refractivity contribution < 1.29 is 33.2 Å². The highest BCUT2D eigenvalue weighted by Crippen LogP contribution is 2.42. The zero-order valence-electron chi connectivity index (χ0n) is 26.7. The second-order valence-electron chi connectivity index (χ2n) is 12.7. The van der Waals surface area contributed by atoms with Gasteiger partial charge < -0.3 is 33.2 Å². The first-order valence-electron chi connectivity index (χ1n) is 16.0. The van der Waals surface area contributed by atoms with Crippen LogP contribution in [0.5, 0.6) is 0 Å². The molecule has 2 aliphatic rings. The molecule has 6 rings (SSSR count). The molecule has 4 unspecified atom stereocenters. The topological polar surface area (TPSA) is 64.6 Å². The predicted molar refractivity (Wildman–Crippen MR) is 174 cm³/mol. The van der Waals surface area contributed by atoms with Gasteiger partial charge >= 0.3 is 5.97 Å². The van der Waals surface area contributed by atoms with E-state index in [1.807, 2.05) is 121 Å². The van der Waals surface area contributed by atoms with Gasteiger partial charge in [-0.2, -0.15) is 0 Å². The third-order valence-electron chi connectivity index (χ3n) is 8.22. The zero-order chi connectivity index (χ0) is 31.7. The van der Waals surface area contributed by atoms with E-state index in [4.69, 9.17) is 33.2 Å². The third-order valence-corrected chi connectivity index (χ3v) is 8.22. The molecule has 4 atom stereocenters. The van der Waals surface area contributed by atoms with Crippen molar-refractivity contribution in [2.45, 2.75) is 70.7 Å². The highest BCUT2D eigenvalue weighted by Gasteiger charge is 2.61. The van der Waals surface area contributed by atoms with Crippen molar-refractivity contribution in [2.75, 3.05) is 19.8 Å². The smallest absolute Gasteiger partial charge is 0.314 e. The van der Waals surface area contributed by atoms with Crippen molar-refractivity contribution >= 4 is 0 Å². The summed E-state index contributed by atoms with van der Waals surface area (Å²) in [4.78, 5) is 0. The molecule has 7 heteroatoms. The molecule has 0 N–H and O–H groups in total. The number of rotatable bonds is 13. The Labute approximate surface area is 272 Å². The van der Waals surface area contributed by atoms with Gasteiger partial charge in [0, 0.05) is 5.41 Å². The van der Waals surface area contributed by atoms with Crippen LogP contribution in [0.2, 0.25) is 0 Å². The minimum Gasteiger partial charge on any atom is -0.374 e. The highest BCUT2D eigenvalue weighted by atomic mass is 16.9. The molecule has 0 radical (unpaired) electrons. The number of hydrogen-bond donors (Lipinski definition) is 0. The summed E-state index contributed by atoms with van der Waals surface area (Å²) in [5.41, 5.74) is 3.98. The first kappa shape index (κ1) is 32.5. The average molecular weight is 625 g/mol. The lowest BCUT2D eigenvalue weighted by Crippen LogP contribution is -2.70. The Morgan fingerprint density at radius 2 is 0.957 bits per heavy atom. The molecule has 0 bridgehead atoms. The summed E-state index contributed by atoms with van der Waals surface area (Å²) >= 11 is 0. The Morgan fingerprint density at radius 3 is 1.43 bits per heavy atom. The van der Waals surface area contributed by atoms with E-state index in [0.717, 1.165) is 22.3 Å². The van der Waals surface area contributed by atoms with Gasteiger partial charge in [-0.3, -0.25) is 0 Å². The molecule has 4 aromatic carbocycles. The summed E-state index contributed by atoms with van der Waals surface area (Å²) in [6.07, 6.45) is -2.52. The number of ether oxygens (including phenoxy) is 7. The average Bonchev–Trinajstić information content (AvgIpc) is 3.09. The maximum Gasteiger partial charge on any atom is 0.314 e. The maximum atomic E-state index is 6.83. The van der Waals surface area contributed by atoms with Crippen molar-refractivity contribution in [3.05, 3.63) is 144 Å². The quantitative estimate of drug-likeness (QED) is 0.157. The van der Waals surface area contributed by atoms with Gasteiger partial charge in [0.2, 0.25) is 0 Å². The minimum atomic E-state index is -1.51. The van der Waals surface area contributed by atoms with Crippen molar-refractivity contribution in [3.8, 4) is 0 Å². The lowest BCUT2D eigenvalue weighted by molar-refractivity contribution is -0.493. The van der Waals surface area contributed by atoms with Crippen molar-refractivity contribution in [1.29, 1.82) is 0 Å². The molecule has 1 spiro atoms. The summed E-state index contributed by atoms with van der Waals surface area (Å²) in [6.45, 7) is 6.77. The predicted octanol–water partition coefficient (Wildman–Crippen LogP) is 7.09. The monoisotopic (exact) mass is 624 g/mol. The first-order valence-corrected chi connectivity index (χ1v) is 16.0. The largest absolute Gasteiger partial charge is 0.374 e. The molecule has 2 heterocycles. The Morgan fingerprint density at radius 1 is 0.543 bits per heavy atom. The minimum absolute atomic E-state index is 0.195. The van der Waals surface area contributed by atoms with Gasteiger partial charge in [0.25, 0.3) is 0 Å². The van der Waals surface area contributed by atoms with Crippen LogP contribution in [0.15, 0.2) is 121 Å². The Kier molecular flexibility index (Phi) is 10.9. The molecular weight excluding hydrogens is 580 g/mol. The van der Waals surface area contributed by atoms with E-state index in [9.17, 15) is 0 Å². The van der Waals surface area contributed by atoms with Crippen LogP contribution < -0.4 is 0 Å². The molecule has 2 aliphatic heterocycles. The first-order chi connectivity index (χ1) is 22.5. The van der Waals surface area contributed by atoms with E-state index in [2.05, 4.69) is 13.8 Å². The van der Waals surface area contributed by atoms with Crippen molar-refractivity contribution in [3.63, 3.8) is 0 Å². The molecule has 242 valence electrons. The summed E-state index contributed by atoms with van der Waals surface area (Å²) < 4.78 is 46.4. The summed E-state index contributed by atoms with van der Waals surface area (Å²) in [5.74, 6) is -1.51. The lowest BCUT2D eigenvalue weighted by atomic mass is 9.92. The normalized spacial score (nSPS) is 23.7. The Balaban J connectivity index is 1.33. The summed E-state index contributed by atoms with van der Waals surface area (Å²) in [6, 6.07) is 40.3. The summed E-state index contributed by atoms with van der Waals surface area (Å²) in [5, 5.41) is 0. The number of hydrogen-bond acceptors (Lipinski definition) is 7. The van der Waals surface area contributed by atoms with Crippen LogP contribution in [-0.4, -0.2) is 50.2 Å². The van der Waals surface area contributed by atoms with Gasteiger partial charge in [0.15, 0.2) is 6.10 Å². The molecule has 46 heavy (non-hydrogen) atoms. The molecule has 0 amide bonds. The van der Waals surface area contributed by atoms with Crippen LogP contribution in [0.4, 0.5) is 0 Å². The fraction of sp³-hybridized carbons (Fsp3) is 0.385. The Hall–Kier alpha value is -3.40. The highest BCUT2D eigenvalue weighted by molar-refractivity contribution is 5.16. The molecule has 4 aromatic rings. The second kappa shape index (κ2) is 15.5.